The lowest BCUT2D eigenvalue weighted by atomic mass is 10.0. The Morgan fingerprint density at radius 1 is 0.889 bits per heavy atom. The summed E-state index contributed by atoms with van der Waals surface area (Å²) < 4.78 is 5.88. The van der Waals surface area contributed by atoms with Crippen molar-refractivity contribution < 1.29 is 14.3 Å². The Bertz CT molecular complexity index is 1180. The van der Waals surface area contributed by atoms with Crippen molar-refractivity contribution in [1.82, 2.24) is 10.2 Å². The third kappa shape index (κ3) is 8.00. The lowest BCUT2D eigenvalue weighted by Gasteiger charge is -2.32. The predicted molar refractivity (Wildman–Crippen MR) is 146 cm³/mol. The van der Waals surface area contributed by atoms with E-state index in [4.69, 9.17) is 27.9 Å². The van der Waals surface area contributed by atoms with Crippen molar-refractivity contribution in [3.05, 3.63) is 99.0 Å². The number of aryl methyl sites for hydroxylation is 2. The highest BCUT2D eigenvalue weighted by Crippen LogP contribution is 2.24. The maximum Gasteiger partial charge on any atom is 0.261 e. The molecule has 190 valence electrons. The monoisotopic (exact) mass is 526 g/mol. The first kappa shape index (κ1) is 27.6. The number of nitrogens with zero attached hydrogens (tertiary/aromatic N) is 1. The number of carbonyl (C=O) groups is 2. The van der Waals surface area contributed by atoms with Crippen LogP contribution in [-0.4, -0.2) is 35.4 Å². The molecule has 0 radical (unpaired) electrons. The highest BCUT2D eigenvalue weighted by molar-refractivity contribution is 6.42. The van der Waals surface area contributed by atoms with E-state index in [0.29, 0.717) is 22.2 Å². The van der Waals surface area contributed by atoms with Gasteiger partial charge in [0.2, 0.25) is 5.91 Å². The van der Waals surface area contributed by atoms with Gasteiger partial charge in [-0.3, -0.25) is 9.59 Å². The summed E-state index contributed by atoms with van der Waals surface area (Å²) in [6, 6.07) is 19.8. The minimum absolute atomic E-state index is 0.0794. The molecule has 0 saturated carbocycles. The van der Waals surface area contributed by atoms with E-state index < -0.39 is 6.04 Å². The molecule has 3 aromatic rings. The Morgan fingerprint density at radius 2 is 1.56 bits per heavy atom. The molecule has 0 saturated heterocycles. The van der Waals surface area contributed by atoms with Crippen LogP contribution in [0.25, 0.3) is 0 Å². The van der Waals surface area contributed by atoms with Crippen LogP contribution >= 0.6 is 23.2 Å². The molecule has 0 aliphatic carbocycles. The summed E-state index contributed by atoms with van der Waals surface area (Å²) in [7, 11) is 0. The normalized spacial score (nSPS) is 11.8. The third-order valence-electron chi connectivity index (χ3n) is 5.60. The summed E-state index contributed by atoms with van der Waals surface area (Å²) in [4.78, 5) is 28.6. The molecular weight excluding hydrogens is 495 g/mol. The second-order valence-corrected chi connectivity index (χ2v) is 10.1. The van der Waals surface area contributed by atoms with E-state index in [1.807, 2.05) is 76.2 Å². The van der Waals surface area contributed by atoms with Crippen LogP contribution in [0.1, 0.15) is 36.1 Å². The molecule has 3 rings (SSSR count). The highest BCUT2D eigenvalue weighted by atomic mass is 35.5. The molecule has 0 bridgehead atoms. The number of carbonyl (C=O) groups excluding carboxylic acids is 2. The number of halogens is 2. The zero-order valence-corrected chi connectivity index (χ0v) is 22.6. The number of nitrogens with one attached hydrogen (secondary N) is 1. The predicted octanol–water partition coefficient (Wildman–Crippen LogP) is 6.15. The summed E-state index contributed by atoms with van der Waals surface area (Å²) in [6.45, 7) is 7.71. The molecule has 0 aliphatic rings. The van der Waals surface area contributed by atoms with Crippen molar-refractivity contribution in [2.75, 3.05) is 6.61 Å². The maximum atomic E-state index is 13.6. The molecule has 0 unspecified atom stereocenters. The van der Waals surface area contributed by atoms with E-state index in [0.717, 1.165) is 22.3 Å². The van der Waals surface area contributed by atoms with Crippen molar-refractivity contribution in [3.8, 4) is 5.75 Å². The van der Waals surface area contributed by atoms with Gasteiger partial charge in [0.05, 0.1) is 10.0 Å². The Kier molecular flexibility index (Phi) is 9.80. The van der Waals surface area contributed by atoms with E-state index in [2.05, 4.69) is 5.32 Å². The van der Waals surface area contributed by atoms with Crippen LogP contribution in [0, 0.1) is 13.8 Å². The number of hydrogen-bond donors (Lipinski definition) is 1. The van der Waals surface area contributed by atoms with Gasteiger partial charge < -0.3 is 15.0 Å². The van der Waals surface area contributed by atoms with Crippen LogP contribution < -0.4 is 10.1 Å². The Labute approximate surface area is 223 Å². The molecule has 0 aliphatic heterocycles. The van der Waals surface area contributed by atoms with E-state index in [-0.39, 0.29) is 31.0 Å². The fraction of sp³-hybridized carbons (Fsp3) is 0.310. The molecular formula is C29H32Cl2N2O3. The van der Waals surface area contributed by atoms with Crippen LogP contribution in [0.4, 0.5) is 0 Å². The standard InChI is InChI=1S/C29H32Cl2N2O3/c1-19(2)32-29(35)27(16-22-8-6-5-7-9-22)33(17-23-10-11-25(30)26(31)15-23)28(34)18-36-24-13-20(3)12-21(4)14-24/h5-15,19,27H,16-18H2,1-4H3,(H,32,35)/t27-/m0/s1. The summed E-state index contributed by atoms with van der Waals surface area (Å²) in [5.41, 5.74) is 3.80. The van der Waals surface area contributed by atoms with E-state index in [1.165, 1.54) is 0 Å². The van der Waals surface area contributed by atoms with Gasteiger partial charge in [0.25, 0.3) is 5.91 Å². The van der Waals surface area contributed by atoms with Crippen LogP contribution in [0.3, 0.4) is 0 Å². The van der Waals surface area contributed by atoms with Crippen molar-refractivity contribution >= 4 is 35.0 Å². The first-order valence-corrected chi connectivity index (χ1v) is 12.7. The SMILES string of the molecule is Cc1cc(C)cc(OCC(=O)N(Cc2ccc(Cl)c(Cl)c2)[C@@H](Cc2ccccc2)C(=O)NC(C)C)c1. The number of amides is 2. The van der Waals surface area contributed by atoms with E-state index in [1.54, 1.807) is 23.1 Å². The molecule has 3 aromatic carbocycles. The molecule has 7 heteroatoms. The molecule has 5 nitrogen and oxygen atoms in total. The molecule has 2 amide bonds. The molecule has 1 N–H and O–H groups in total. The topological polar surface area (TPSA) is 58.6 Å². The first-order valence-electron chi connectivity index (χ1n) is 11.9. The lowest BCUT2D eigenvalue weighted by molar-refractivity contribution is -0.143. The summed E-state index contributed by atoms with van der Waals surface area (Å²) in [5.74, 6) is 0.0790. The maximum absolute atomic E-state index is 13.6. The summed E-state index contributed by atoms with van der Waals surface area (Å²) in [6.07, 6.45) is 0.357. The Morgan fingerprint density at radius 3 is 2.17 bits per heavy atom. The minimum Gasteiger partial charge on any atom is -0.484 e. The van der Waals surface area contributed by atoms with Gasteiger partial charge in [0.15, 0.2) is 6.61 Å². The first-order chi connectivity index (χ1) is 17.1. The second-order valence-electron chi connectivity index (χ2n) is 9.25. The van der Waals surface area contributed by atoms with Crippen molar-refractivity contribution in [2.24, 2.45) is 0 Å². The van der Waals surface area contributed by atoms with Crippen LogP contribution in [0.5, 0.6) is 5.75 Å². The Balaban J connectivity index is 1.94. The van der Waals surface area contributed by atoms with Gasteiger partial charge in [-0.25, -0.2) is 0 Å². The van der Waals surface area contributed by atoms with Gasteiger partial charge >= 0.3 is 0 Å². The molecule has 1 atom stereocenters. The second kappa shape index (κ2) is 12.8. The molecule has 36 heavy (non-hydrogen) atoms. The molecule has 0 spiro atoms. The zero-order chi connectivity index (χ0) is 26.2. The van der Waals surface area contributed by atoms with E-state index >= 15 is 0 Å². The number of ether oxygens (including phenoxy) is 1. The van der Waals surface area contributed by atoms with Crippen LogP contribution in [0.15, 0.2) is 66.7 Å². The summed E-state index contributed by atoms with van der Waals surface area (Å²) in [5, 5.41) is 3.79. The van der Waals surface area contributed by atoms with Crippen LogP contribution in [-0.2, 0) is 22.6 Å². The minimum atomic E-state index is -0.750. The lowest BCUT2D eigenvalue weighted by Crippen LogP contribution is -2.52. The average molecular weight is 527 g/mol. The van der Waals surface area contributed by atoms with Crippen molar-refractivity contribution in [2.45, 2.75) is 52.7 Å². The summed E-state index contributed by atoms with van der Waals surface area (Å²) >= 11 is 12.4. The van der Waals surface area contributed by atoms with Gasteiger partial charge in [-0.05, 0) is 74.2 Å². The molecule has 0 aromatic heterocycles. The number of rotatable bonds is 10. The number of benzene rings is 3. The van der Waals surface area contributed by atoms with E-state index in [9.17, 15) is 9.59 Å². The average Bonchev–Trinajstić information content (AvgIpc) is 2.81. The Hall–Kier alpha value is -3.02. The van der Waals surface area contributed by atoms with Crippen LogP contribution in [0.2, 0.25) is 10.0 Å². The fourth-order valence-corrected chi connectivity index (χ4v) is 4.33. The quantitative estimate of drug-likeness (QED) is 0.344. The van der Waals surface area contributed by atoms with Gasteiger partial charge in [-0.2, -0.15) is 0 Å². The smallest absolute Gasteiger partial charge is 0.261 e. The van der Waals surface area contributed by atoms with Crippen molar-refractivity contribution in [1.29, 1.82) is 0 Å². The highest BCUT2D eigenvalue weighted by Gasteiger charge is 2.31. The van der Waals surface area contributed by atoms with Gasteiger partial charge in [0, 0.05) is 19.0 Å². The van der Waals surface area contributed by atoms with Gasteiger partial charge in [-0.15, -0.1) is 0 Å². The van der Waals surface area contributed by atoms with Gasteiger partial charge in [0.1, 0.15) is 11.8 Å². The fourth-order valence-electron chi connectivity index (χ4n) is 4.01. The molecule has 0 fully saturated rings. The number of hydrogen-bond acceptors (Lipinski definition) is 3. The van der Waals surface area contributed by atoms with Gasteiger partial charge in [-0.1, -0.05) is 65.7 Å². The largest absolute Gasteiger partial charge is 0.484 e. The zero-order valence-electron chi connectivity index (χ0n) is 21.1. The van der Waals surface area contributed by atoms with Crippen molar-refractivity contribution in [3.63, 3.8) is 0 Å². The third-order valence-corrected chi connectivity index (χ3v) is 6.34. The molecule has 0 heterocycles.